The second-order valence-corrected chi connectivity index (χ2v) is 5.97. The van der Waals surface area contributed by atoms with Crippen LogP contribution < -0.4 is 11.1 Å². The summed E-state index contributed by atoms with van der Waals surface area (Å²) in [5.41, 5.74) is 5.22. The van der Waals surface area contributed by atoms with E-state index in [1.54, 1.807) is 17.0 Å². The summed E-state index contributed by atoms with van der Waals surface area (Å²) in [5, 5.41) is 3.40. The Bertz CT molecular complexity index is 440. The lowest BCUT2D eigenvalue weighted by Gasteiger charge is -2.13. The molecule has 0 aliphatic heterocycles. The molecule has 0 aromatic carbocycles. The second kappa shape index (κ2) is 8.60. The van der Waals surface area contributed by atoms with E-state index in [0.29, 0.717) is 12.2 Å². The molecular weight excluding hydrogens is 282 g/mol. The lowest BCUT2D eigenvalue weighted by atomic mass is 10.2. The number of primary amides is 1. The van der Waals surface area contributed by atoms with Crippen LogP contribution in [0.1, 0.15) is 6.42 Å². The average Bonchev–Trinajstić information content (AvgIpc) is 2.42. The Hall–Kier alpha value is -1.47. The van der Waals surface area contributed by atoms with Crippen molar-refractivity contribution < 1.29 is 9.59 Å². The molecule has 0 bridgehead atoms. The third-order valence-electron chi connectivity index (χ3n) is 2.12. The number of nitrogens with two attached hydrogens (primary N) is 1. The van der Waals surface area contributed by atoms with E-state index in [1.165, 1.54) is 10.8 Å². The molecule has 19 heavy (non-hydrogen) atoms. The molecule has 1 rings (SSSR count). The van der Waals surface area contributed by atoms with Crippen molar-refractivity contribution in [3.8, 4) is 0 Å². The van der Waals surface area contributed by atoms with Crippen LogP contribution in [0.5, 0.6) is 0 Å². The predicted molar refractivity (Wildman–Crippen MR) is 78.5 cm³/mol. The fourth-order valence-corrected chi connectivity index (χ4v) is 3.15. The molecule has 102 valence electrons. The van der Waals surface area contributed by atoms with Gasteiger partial charge in [0.1, 0.15) is 11.1 Å². The van der Waals surface area contributed by atoms with Crippen molar-refractivity contribution >= 4 is 33.4 Å². The highest BCUT2D eigenvalue weighted by Gasteiger charge is 2.16. The highest BCUT2D eigenvalue weighted by Crippen LogP contribution is 2.29. The van der Waals surface area contributed by atoms with E-state index in [9.17, 15) is 9.59 Å². The summed E-state index contributed by atoms with van der Waals surface area (Å²) in [5.74, 6) is -0.267. The van der Waals surface area contributed by atoms with Crippen LogP contribution in [0.15, 0.2) is 42.1 Å². The van der Waals surface area contributed by atoms with Gasteiger partial charge in [0.25, 0.3) is 0 Å². The van der Waals surface area contributed by atoms with E-state index >= 15 is 0 Å². The normalized spacial score (nSPS) is 11.6. The zero-order valence-electron chi connectivity index (χ0n) is 10.2. The number of amides is 2. The standard InChI is InChI=1S/C12H15N3O2S2/c1-2-10(16)15-9(12(13)17)6-8-18-19-11-5-3-4-7-14-11/h2-5,7,9H,1,6,8H2,(H2,13,17)(H,15,16)/t9-/m0/s1. The molecule has 0 saturated carbocycles. The molecule has 0 fully saturated rings. The number of carbonyl (C=O) groups is 2. The molecule has 3 N–H and O–H groups in total. The highest BCUT2D eigenvalue weighted by molar-refractivity contribution is 8.76. The summed E-state index contributed by atoms with van der Waals surface area (Å²) in [4.78, 5) is 26.4. The summed E-state index contributed by atoms with van der Waals surface area (Å²) in [6.45, 7) is 3.33. The number of aromatic nitrogens is 1. The molecule has 5 nitrogen and oxygen atoms in total. The highest BCUT2D eigenvalue weighted by atomic mass is 33.1. The van der Waals surface area contributed by atoms with E-state index in [1.807, 2.05) is 18.2 Å². The molecule has 0 spiro atoms. The summed E-state index contributed by atoms with van der Waals surface area (Å²) < 4.78 is 0. The third kappa shape index (κ3) is 6.30. The van der Waals surface area contributed by atoms with E-state index in [-0.39, 0.29) is 0 Å². The molecule has 1 heterocycles. The number of rotatable bonds is 8. The van der Waals surface area contributed by atoms with Crippen LogP contribution in [-0.4, -0.2) is 28.6 Å². The Morgan fingerprint density at radius 3 is 2.89 bits per heavy atom. The Labute approximate surface area is 119 Å². The lowest BCUT2D eigenvalue weighted by Crippen LogP contribution is -2.44. The van der Waals surface area contributed by atoms with Gasteiger partial charge in [0, 0.05) is 11.9 Å². The third-order valence-corrected chi connectivity index (χ3v) is 4.42. The summed E-state index contributed by atoms with van der Waals surface area (Å²) in [6.07, 6.45) is 3.31. The summed E-state index contributed by atoms with van der Waals surface area (Å²) >= 11 is 0. The van der Waals surface area contributed by atoms with Crippen LogP contribution in [-0.2, 0) is 9.59 Å². The van der Waals surface area contributed by atoms with Crippen LogP contribution >= 0.6 is 21.6 Å². The number of hydrogen-bond acceptors (Lipinski definition) is 5. The van der Waals surface area contributed by atoms with E-state index < -0.39 is 17.9 Å². The van der Waals surface area contributed by atoms with Gasteiger partial charge in [0.2, 0.25) is 11.8 Å². The van der Waals surface area contributed by atoms with Gasteiger partial charge < -0.3 is 11.1 Å². The first-order valence-electron chi connectivity index (χ1n) is 5.56. The van der Waals surface area contributed by atoms with Crippen molar-refractivity contribution in [2.75, 3.05) is 5.75 Å². The molecule has 1 atom stereocenters. The fourth-order valence-electron chi connectivity index (χ4n) is 1.18. The number of carbonyl (C=O) groups excluding carboxylic acids is 2. The Balaban J connectivity index is 2.30. The molecule has 0 radical (unpaired) electrons. The van der Waals surface area contributed by atoms with Gasteiger partial charge >= 0.3 is 0 Å². The van der Waals surface area contributed by atoms with Crippen molar-refractivity contribution in [1.82, 2.24) is 10.3 Å². The van der Waals surface area contributed by atoms with Crippen LogP contribution in [0, 0.1) is 0 Å². The first-order valence-corrected chi connectivity index (χ1v) is 7.88. The van der Waals surface area contributed by atoms with Gasteiger partial charge in [-0.1, -0.05) is 23.4 Å². The molecule has 1 aromatic rings. The minimum atomic E-state index is -0.665. The summed E-state index contributed by atoms with van der Waals surface area (Å²) in [6, 6.07) is 5.00. The Kier molecular flexibility index (Phi) is 7.06. The van der Waals surface area contributed by atoms with Crippen molar-refractivity contribution in [2.24, 2.45) is 5.73 Å². The first kappa shape index (κ1) is 15.6. The predicted octanol–water partition coefficient (Wildman–Crippen LogP) is 1.37. The topological polar surface area (TPSA) is 85.1 Å². The van der Waals surface area contributed by atoms with Gasteiger partial charge in [-0.3, -0.25) is 9.59 Å². The zero-order valence-corrected chi connectivity index (χ0v) is 11.9. The number of pyridine rings is 1. The molecule has 0 aliphatic carbocycles. The Morgan fingerprint density at radius 1 is 1.53 bits per heavy atom. The van der Waals surface area contributed by atoms with Gasteiger partial charge in [0.15, 0.2) is 0 Å². The average molecular weight is 297 g/mol. The Morgan fingerprint density at radius 2 is 2.32 bits per heavy atom. The van der Waals surface area contributed by atoms with Crippen LogP contribution in [0.25, 0.3) is 0 Å². The van der Waals surface area contributed by atoms with E-state index in [2.05, 4.69) is 16.9 Å². The van der Waals surface area contributed by atoms with Crippen molar-refractivity contribution in [1.29, 1.82) is 0 Å². The first-order chi connectivity index (χ1) is 9.13. The fraction of sp³-hybridized carbons (Fsp3) is 0.250. The molecule has 1 aromatic heterocycles. The molecule has 0 aliphatic rings. The van der Waals surface area contributed by atoms with Crippen LogP contribution in [0.2, 0.25) is 0 Å². The van der Waals surface area contributed by atoms with Gasteiger partial charge in [-0.25, -0.2) is 4.98 Å². The molecule has 7 heteroatoms. The van der Waals surface area contributed by atoms with Crippen molar-refractivity contribution in [3.05, 3.63) is 37.1 Å². The quantitative estimate of drug-likeness (QED) is 0.430. The smallest absolute Gasteiger partial charge is 0.244 e. The molecule has 0 saturated heterocycles. The molecule has 2 amide bonds. The minimum absolute atomic E-state index is 0.397. The van der Waals surface area contributed by atoms with E-state index in [0.717, 1.165) is 11.1 Å². The number of hydrogen-bond donors (Lipinski definition) is 2. The lowest BCUT2D eigenvalue weighted by molar-refractivity contribution is -0.125. The maximum atomic E-state index is 11.2. The van der Waals surface area contributed by atoms with Crippen LogP contribution in [0.4, 0.5) is 0 Å². The maximum Gasteiger partial charge on any atom is 0.244 e. The number of nitrogens with zero attached hydrogens (tertiary/aromatic N) is 1. The molecule has 0 unspecified atom stereocenters. The van der Waals surface area contributed by atoms with Crippen LogP contribution in [0.3, 0.4) is 0 Å². The monoisotopic (exact) mass is 297 g/mol. The van der Waals surface area contributed by atoms with Gasteiger partial charge in [-0.15, -0.1) is 0 Å². The second-order valence-electron chi connectivity index (χ2n) is 3.53. The number of nitrogens with one attached hydrogen (secondary N) is 1. The van der Waals surface area contributed by atoms with Gasteiger partial charge in [-0.05, 0) is 35.4 Å². The SMILES string of the molecule is C=CC(=O)N[C@@H](CCSSc1ccccn1)C(N)=O. The maximum absolute atomic E-state index is 11.2. The van der Waals surface area contributed by atoms with E-state index in [4.69, 9.17) is 5.73 Å². The van der Waals surface area contributed by atoms with Gasteiger partial charge in [0.05, 0.1) is 0 Å². The van der Waals surface area contributed by atoms with Crippen molar-refractivity contribution in [2.45, 2.75) is 17.5 Å². The largest absolute Gasteiger partial charge is 0.368 e. The van der Waals surface area contributed by atoms with Gasteiger partial charge in [-0.2, -0.15) is 0 Å². The zero-order chi connectivity index (χ0) is 14.1. The van der Waals surface area contributed by atoms with Crippen molar-refractivity contribution in [3.63, 3.8) is 0 Å². The minimum Gasteiger partial charge on any atom is -0.368 e. The summed E-state index contributed by atoms with van der Waals surface area (Å²) in [7, 11) is 3.08. The molecular formula is C12H15N3O2S2.